The second kappa shape index (κ2) is 9.08. The van der Waals surface area contributed by atoms with E-state index in [-0.39, 0.29) is 36.5 Å². The van der Waals surface area contributed by atoms with Crippen LogP contribution in [0.4, 0.5) is 4.39 Å². The molecule has 0 radical (unpaired) electrons. The number of nitrogens with zero attached hydrogens (tertiary/aromatic N) is 1. The molecule has 1 aromatic carbocycles. The van der Waals surface area contributed by atoms with E-state index in [4.69, 9.17) is 14.2 Å². The SMILES string of the molecule is CO[C@H]1[C@H](N(C)CC(=O)NCc2ccc(F)cc2)COC[C@H]1OC. The van der Waals surface area contributed by atoms with Gasteiger partial charge in [0.25, 0.3) is 0 Å². The molecule has 0 aliphatic carbocycles. The zero-order valence-corrected chi connectivity index (χ0v) is 14.3. The summed E-state index contributed by atoms with van der Waals surface area (Å²) in [5.74, 6) is -0.406. The molecule has 1 amide bonds. The van der Waals surface area contributed by atoms with Crippen molar-refractivity contribution >= 4 is 5.91 Å². The van der Waals surface area contributed by atoms with Crippen molar-refractivity contribution in [3.63, 3.8) is 0 Å². The van der Waals surface area contributed by atoms with Gasteiger partial charge in [-0.1, -0.05) is 12.1 Å². The third-order valence-electron chi connectivity index (χ3n) is 4.25. The van der Waals surface area contributed by atoms with Crippen LogP contribution in [-0.4, -0.2) is 70.1 Å². The molecule has 0 unspecified atom stereocenters. The molecule has 7 heteroatoms. The van der Waals surface area contributed by atoms with Crippen LogP contribution in [0.5, 0.6) is 0 Å². The minimum absolute atomic E-state index is 0.0646. The number of amides is 1. The van der Waals surface area contributed by atoms with Gasteiger partial charge in [-0.05, 0) is 24.7 Å². The van der Waals surface area contributed by atoms with Crippen molar-refractivity contribution in [2.75, 3.05) is 41.0 Å². The highest BCUT2D eigenvalue weighted by Gasteiger charge is 2.37. The van der Waals surface area contributed by atoms with Crippen LogP contribution >= 0.6 is 0 Å². The Morgan fingerprint density at radius 1 is 1.29 bits per heavy atom. The highest BCUT2D eigenvalue weighted by atomic mass is 19.1. The normalized spacial score (nSPS) is 24.1. The van der Waals surface area contributed by atoms with Gasteiger partial charge < -0.3 is 19.5 Å². The molecule has 2 rings (SSSR count). The lowest BCUT2D eigenvalue weighted by atomic mass is 10.0. The number of rotatable bonds is 7. The molecule has 0 saturated carbocycles. The van der Waals surface area contributed by atoms with E-state index in [0.29, 0.717) is 19.8 Å². The molecule has 1 heterocycles. The van der Waals surface area contributed by atoms with Gasteiger partial charge >= 0.3 is 0 Å². The van der Waals surface area contributed by atoms with Crippen LogP contribution in [0.15, 0.2) is 24.3 Å². The van der Waals surface area contributed by atoms with E-state index >= 15 is 0 Å². The summed E-state index contributed by atoms with van der Waals surface area (Å²) in [6.45, 7) is 1.55. The number of hydrogen-bond acceptors (Lipinski definition) is 5. The van der Waals surface area contributed by atoms with Gasteiger partial charge in [0.05, 0.1) is 25.8 Å². The zero-order valence-electron chi connectivity index (χ0n) is 14.3. The van der Waals surface area contributed by atoms with Crippen LogP contribution in [0.1, 0.15) is 5.56 Å². The second-order valence-corrected chi connectivity index (χ2v) is 5.90. The fourth-order valence-electron chi connectivity index (χ4n) is 2.83. The van der Waals surface area contributed by atoms with Gasteiger partial charge in [-0.3, -0.25) is 9.69 Å². The minimum Gasteiger partial charge on any atom is -0.377 e. The molecule has 0 spiro atoms. The number of nitrogens with one attached hydrogen (secondary N) is 1. The summed E-state index contributed by atoms with van der Waals surface area (Å²) < 4.78 is 29.3. The average molecular weight is 340 g/mol. The number of carbonyl (C=O) groups excluding carboxylic acids is 1. The van der Waals surface area contributed by atoms with Crippen LogP contribution in [0, 0.1) is 5.82 Å². The lowest BCUT2D eigenvalue weighted by Gasteiger charge is -2.40. The van der Waals surface area contributed by atoms with Crippen molar-refractivity contribution in [1.29, 1.82) is 0 Å². The maximum Gasteiger partial charge on any atom is 0.234 e. The summed E-state index contributed by atoms with van der Waals surface area (Å²) in [4.78, 5) is 14.0. The van der Waals surface area contributed by atoms with Crippen LogP contribution in [0.2, 0.25) is 0 Å². The molecule has 24 heavy (non-hydrogen) atoms. The first-order chi connectivity index (χ1) is 11.5. The molecule has 6 nitrogen and oxygen atoms in total. The molecule has 1 fully saturated rings. The number of hydrogen-bond donors (Lipinski definition) is 1. The Morgan fingerprint density at radius 2 is 2.00 bits per heavy atom. The van der Waals surface area contributed by atoms with Crippen molar-refractivity contribution in [2.24, 2.45) is 0 Å². The predicted molar refractivity (Wildman–Crippen MR) is 87.1 cm³/mol. The van der Waals surface area contributed by atoms with Gasteiger partial charge in [-0.15, -0.1) is 0 Å². The molecule has 134 valence electrons. The largest absolute Gasteiger partial charge is 0.377 e. The molecule has 1 saturated heterocycles. The summed E-state index contributed by atoms with van der Waals surface area (Å²) in [6, 6.07) is 5.99. The molecule has 1 N–H and O–H groups in total. The Labute approximate surface area is 141 Å². The molecular weight excluding hydrogens is 315 g/mol. The number of halogens is 1. The molecule has 3 atom stereocenters. The van der Waals surface area contributed by atoms with E-state index in [9.17, 15) is 9.18 Å². The number of methoxy groups -OCH3 is 2. The summed E-state index contributed by atoms with van der Waals surface area (Å²) in [6.07, 6.45) is -0.308. The Hall–Kier alpha value is -1.54. The summed E-state index contributed by atoms with van der Waals surface area (Å²) in [5.41, 5.74) is 0.850. The van der Waals surface area contributed by atoms with Crippen LogP contribution < -0.4 is 5.32 Å². The first-order valence-electron chi connectivity index (χ1n) is 7.90. The van der Waals surface area contributed by atoms with Crippen LogP contribution in [0.3, 0.4) is 0 Å². The fraction of sp³-hybridized carbons (Fsp3) is 0.588. The molecular formula is C17H25FN2O4. The number of ether oxygens (including phenoxy) is 3. The van der Waals surface area contributed by atoms with E-state index in [2.05, 4.69) is 5.32 Å². The highest BCUT2D eigenvalue weighted by molar-refractivity contribution is 5.78. The maximum atomic E-state index is 12.9. The zero-order chi connectivity index (χ0) is 17.5. The van der Waals surface area contributed by atoms with Crippen molar-refractivity contribution in [3.8, 4) is 0 Å². The first-order valence-corrected chi connectivity index (χ1v) is 7.90. The molecule has 0 aromatic heterocycles. The van der Waals surface area contributed by atoms with Crippen molar-refractivity contribution < 1.29 is 23.4 Å². The third-order valence-corrected chi connectivity index (χ3v) is 4.25. The monoisotopic (exact) mass is 340 g/mol. The Balaban J connectivity index is 1.84. The van der Waals surface area contributed by atoms with E-state index in [1.165, 1.54) is 12.1 Å². The lowest BCUT2D eigenvalue weighted by molar-refractivity contribution is -0.155. The highest BCUT2D eigenvalue weighted by Crippen LogP contribution is 2.18. The predicted octanol–water partition coefficient (Wildman–Crippen LogP) is 0.802. The number of carbonyl (C=O) groups is 1. The second-order valence-electron chi connectivity index (χ2n) is 5.90. The minimum atomic E-state index is -0.291. The standard InChI is InChI=1S/C17H25FN2O4/c1-20(14-10-24-11-15(22-2)17(14)23-3)9-16(21)19-8-12-4-6-13(18)7-5-12/h4-7,14-15,17H,8-11H2,1-3H3,(H,19,21)/t14-,15-,17+/m1/s1. The lowest BCUT2D eigenvalue weighted by Crippen LogP contribution is -2.57. The quantitative estimate of drug-likeness (QED) is 0.796. The Morgan fingerprint density at radius 3 is 2.62 bits per heavy atom. The van der Waals surface area contributed by atoms with Gasteiger partial charge in [-0.25, -0.2) is 4.39 Å². The van der Waals surface area contributed by atoms with Crippen molar-refractivity contribution in [1.82, 2.24) is 10.2 Å². The van der Waals surface area contributed by atoms with E-state index in [1.54, 1.807) is 26.4 Å². The topological polar surface area (TPSA) is 60.0 Å². The molecule has 1 aliphatic heterocycles. The molecule has 1 aromatic rings. The van der Waals surface area contributed by atoms with E-state index < -0.39 is 0 Å². The van der Waals surface area contributed by atoms with Crippen LogP contribution in [-0.2, 0) is 25.5 Å². The molecule has 0 bridgehead atoms. The van der Waals surface area contributed by atoms with Gasteiger partial charge in [-0.2, -0.15) is 0 Å². The fourth-order valence-corrected chi connectivity index (χ4v) is 2.83. The Kier molecular flexibility index (Phi) is 7.11. The summed E-state index contributed by atoms with van der Waals surface area (Å²) in [7, 11) is 5.12. The van der Waals surface area contributed by atoms with E-state index in [1.807, 2.05) is 11.9 Å². The summed E-state index contributed by atoms with van der Waals surface area (Å²) in [5, 5.41) is 2.83. The Bertz CT molecular complexity index is 526. The summed E-state index contributed by atoms with van der Waals surface area (Å²) >= 11 is 0. The third kappa shape index (κ3) is 4.98. The maximum absolute atomic E-state index is 12.9. The van der Waals surface area contributed by atoms with Crippen molar-refractivity contribution in [2.45, 2.75) is 24.8 Å². The average Bonchev–Trinajstić information content (AvgIpc) is 2.60. The van der Waals surface area contributed by atoms with Crippen LogP contribution in [0.25, 0.3) is 0 Å². The smallest absolute Gasteiger partial charge is 0.234 e. The van der Waals surface area contributed by atoms with Gasteiger partial charge in [0, 0.05) is 20.8 Å². The number of benzene rings is 1. The van der Waals surface area contributed by atoms with Gasteiger partial charge in [0.1, 0.15) is 18.0 Å². The first kappa shape index (κ1) is 18.8. The van der Waals surface area contributed by atoms with Gasteiger partial charge in [0.2, 0.25) is 5.91 Å². The number of likely N-dealkylation sites (N-methyl/N-ethyl adjacent to an activating group) is 1. The molecule has 1 aliphatic rings. The van der Waals surface area contributed by atoms with E-state index in [0.717, 1.165) is 5.56 Å². The van der Waals surface area contributed by atoms with Crippen molar-refractivity contribution in [3.05, 3.63) is 35.6 Å². The van der Waals surface area contributed by atoms with Gasteiger partial charge in [0.15, 0.2) is 0 Å².